The fourth-order valence-corrected chi connectivity index (χ4v) is 2.58. The summed E-state index contributed by atoms with van der Waals surface area (Å²) in [6.07, 6.45) is 0.932. The van der Waals surface area contributed by atoms with Crippen molar-refractivity contribution in [3.05, 3.63) is 70.8 Å². The third-order valence-electron chi connectivity index (χ3n) is 3.55. The first-order chi connectivity index (χ1) is 8.75. The lowest BCUT2D eigenvalue weighted by Gasteiger charge is -2.23. The van der Waals surface area contributed by atoms with Crippen LogP contribution in [0.4, 0.5) is 0 Å². The number of rotatable bonds is 1. The van der Waals surface area contributed by atoms with Gasteiger partial charge in [-0.2, -0.15) is 0 Å². The Hall–Kier alpha value is -2.09. The third-order valence-corrected chi connectivity index (χ3v) is 3.55. The molecule has 0 spiro atoms. The van der Waals surface area contributed by atoms with Gasteiger partial charge in [0.05, 0.1) is 6.04 Å². The number of benzene rings is 2. The van der Waals surface area contributed by atoms with Crippen LogP contribution in [0.3, 0.4) is 0 Å². The van der Waals surface area contributed by atoms with Gasteiger partial charge in [0.1, 0.15) is 5.84 Å². The van der Waals surface area contributed by atoms with E-state index in [0.717, 1.165) is 12.0 Å². The monoisotopic (exact) mass is 236 g/mol. The number of nitrogens with two attached hydrogens (primary N) is 1. The molecular formula is C16H16N2. The molecule has 1 aliphatic heterocycles. The zero-order valence-electron chi connectivity index (χ0n) is 10.4. The van der Waals surface area contributed by atoms with Gasteiger partial charge in [-0.05, 0) is 30.0 Å². The second-order valence-corrected chi connectivity index (χ2v) is 4.75. The largest absolute Gasteiger partial charge is 0.383 e. The lowest BCUT2D eigenvalue weighted by atomic mass is 9.91. The molecule has 0 amide bonds. The fraction of sp³-hybridized carbons (Fsp3) is 0.188. The maximum Gasteiger partial charge on any atom is 0.126 e. The van der Waals surface area contributed by atoms with Crippen LogP contribution in [-0.2, 0) is 6.42 Å². The van der Waals surface area contributed by atoms with Crippen molar-refractivity contribution in [1.82, 2.24) is 0 Å². The Bertz CT molecular complexity index is 614. The smallest absolute Gasteiger partial charge is 0.126 e. The highest BCUT2D eigenvalue weighted by Crippen LogP contribution is 2.30. The standard InChI is InChI=1S/C16H16N2/c1-11-6-2-4-8-13(11)15-10-12-7-3-5-9-14(12)16(17)18-15/h2-9,15H,10H2,1H3,(H2,17,18). The van der Waals surface area contributed by atoms with Crippen LogP contribution in [0, 0.1) is 6.92 Å². The van der Waals surface area contributed by atoms with Crippen LogP contribution in [0.2, 0.25) is 0 Å². The number of nitrogens with zero attached hydrogens (tertiary/aromatic N) is 1. The summed E-state index contributed by atoms with van der Waals surface area (Å²) in [6.45, 7) is 2.13. The zero-order valence-corrected chi connectivity index (χ0v) is 10.4. The molecular weight excluding hydrogens is 220 g/mol. The lowest BCUT2D eigenvalue weighted by molar-refractivity contribution is 0.705. The molecule has 2 aromatic carbocycles. The molecule has 2 aromatic rings. The van der Waals surface area contributed by atoms with Crippen LogP contribution < -0.4 is 5.73 Å². The second-order valence-electron chi connectivity index (χ2n) is 4.75. The zero-order chi connectivity index (χ0) is 12.5. The Morgan fingerprint density at radius 1 is 1.06 bits per heavy atom. The Morgan fingerprint density at radius 3 is 2.61 bits per heavy atom. The van der Waals surface area contributed by atoms with Crippen molar-refractivity contribution in [1.29, 1.82) is 0 Å². The minimum atomic E-state index is 0.154. The van der Waals surface area contributed by atoms with Gasteiger partial charge in [0.15, 0.2) is 0 Å². The van der Waals surface area contributed by atoms with Gasteiger partial charge in [-0.1, -0.05) is 48.5 Å². The minimum absolute atomic E-state index is 0.154. The van der Waals surface area contributed by atoms with Crippen LogP contribution in [0.25, 0.3) is 0 Å². The van der Waals surface area contributed by atoms with E-state index in [9.17, 15) is 0 Å². The van der Waals surface area contributed by atoms with Gasteiger partial charge in [0.2, 0.25) is 0 Å². The van der Waals surface area contributed by atoms with Crippen LogP contribution in [-0.4, -0.2) is 5.84 Å². The number of amidine groups is 1. The van der Waals surface area contributed by atoms with Gasteiger partial charge in [-0.15, -0.1) is 0 Å². The van der Waals surface area contributed by atoms with Gasteiger partial charge in [0.25, 0.3) is 0 Å². The highest BCUT2D eigenvalue weighted by Gasteiger charge is 2.21. The molecule has 0 aliphatic carbocycles. The lowest BCUT2D eigenvalue weighted by Crippen LogP contribution is -2.23. The predicted molar refractivity (Wildman–Crippen MR) is 74.8 cm³/mol. The molecule has 0 saturated carbocycles. The van der Waals surface area contributed by atoms with Crippen molar-refractivity contribution in [2.24, 2.45) is 10.7 Å². The van der Waals surface area contributed by atoms with Crippen LogP contribution in [0.5, 0.6) is 0 Å². The van der Waals surface area contributed by atoms with E-state index < -0.39 is 0 Å². The number of fused-ring (bicyclic) bond motifs is 1. The maximum atomic E-state index is 6.07. The SMILES string of the molecule is Cc1ccccc1C1Cc2ccccc2C(N)=N1. The van der Waals surface area contributed by atoms with E-state index in [2.05, 4.69) is 48.3 Å². The highest BCUT2D eigenvalue weighted by molar-refractivity contribution is 5.99. The van der Waals surface area contributed by atoms with Crippen LogP contribution in [0.1, 0.15) is 28.3 Å². The van der Waals surface area contributed by atoms with Gasteiger partial charge in [0, 0.05) is 5.56 Å². The number of hydrogen-bond donors (Lipinski definition) is 1. The molecule has 1 atom stereocenters. The molecule has 1 unspecified atom stereocenters. The second kappa shape index (κ2) is 4.30. The summed E-state index contributed by atoms with van der Waals surface area (Å²) in [5, 5.41) is 0. The van der Waals surface area contributed by atoms with E-state index in [-0.39, 0.29) is 6.04 Å². The topological polar surface area (TPSA) is 38.4 Å². The molecule has 3 rings (SSSR count). The van der Waals surface area contributed by atoms with Crippen LogP contribution in [0.15, 0.2) is 53.5 Å². The summed E-state index contributed by atoms with van der Waals surface area (Å²) in [5.41, 5.74) is 11.0. The number of aryl methyl sites for hydroxylation is 1. The predicted octanol–water partition coefficient (Wildman–Crippen LogP) is 3.00. The van der Waals surface area contributed by atoms with Crippen LogP contribution >= 0.6 is 0 Å². The van der Waals surface area contributed by atoms with Gasteiger partial charge in [-0.3, -0.25) is 4.99 Å². The first-order valence-corrected chi connectivity index (χ1v) is 6.23. The number of hydrogen-bond acceptors (Lipinski definition) is 2. The highest BCUT2D eigenvalue weighted by atomic mass is 14.9. The molecule has 2 nitrogen and oxygen atoms in total. The summed E-state index contributed by atoms with van der Waals surface area (Å²) in [6, 6.07) is 16.8. The normalized spacial score (nSPS) is 18.1. The summed E-state index contributed by atoms with van der Waals surface area (Å²) < 4.78 is 0. The van der Waals surface area contributed by atoms with Crippen molar-refractivity contribution < 1.29 is 0 Å². The molecule has 2 heteroatoms. The summed E-state index contributed by atoms with van der Waals surface area (Å²) in [4.78, 5) is 4.65. The molecule has 0 fully saturated rings. The van der Waals surface area contributed by atoms with Gasteiger partial charge in [-0.25, -0.2) is 0 Å². The molecule has 0 aromatic heterocycles. The number of aliphatic imine (C=N–C) groups is 1. The van der Waals surface area contributed by atoms with E-state index >= 15 is 0 Å². The van der Waals surface area contributed by atoms with E-state index in [1.54, 1.807) is 0 Å². The third kappa shape index (κ3) is 1.80. The Kier molecular flexibility index (Phi) is 2.63. The van der Waals surface area contributed by atoms with E-state index in [4.69, 9.17) is 5.73 Å². The molecule has 1 aliphatic rings. The average molecular weight is 236 g/mol. The molecule has 2 N–H and O–H groups in total. The molecule has 0 saturated heterocycles. The summed E-state index contributed by atoms with van der Waals surface area (Å²) in [7, 11) is 0. The Morgan fingerprint density at radius 2 is 1.78 bits per heavy atom. The van der Waals surface area contributed by atoms with Crippen molar-refractivity contribution in [3.63, 3.8) is 0 Å². The van der Waals surface area contributed by atoms with Crippen molar-refractivity contribution in [3.8, 4) is 0 Å². The van der Waals surface area contributed by atoms with E-state index in [0.29, 0.717) is 5.84 Å². The minimum Gasteiger partial charge on any atom is -0.383 e. The molecule has 0 bridgehead atoms. The molecule has 18 heavy (non-hydrogen) atoms. The first-order valence-electron chi connectivity index (χ1n) is 6.23. The Balaban J connectivity index is 2.05. The van der Waals surface area contributed by atoms with E-state index in [1.807, 2.05) is 12.1 Å². The first kappa shape index (κ1) is 11.0. The van der Waals surface area contributed by atoms with E-state index in [1.165, 1.54) is 16.7 Å². The molecule has 1 heterocycles. The fourth-order valence-electron chi connectivity index (χ4n) is 2.58. The van der Waals surface area contributed by atoms with Crippen molar-refractivity contribution >= 4 is 5.84 Å². The van der Waals surface area contributed by atoms with Crippen molar-refractivity contribution in [2.45, 2.75) is 19.4 Å². The summed E-state index contributed by atoms with van der Waals surface area (Å²) >= 11 is 0. The summed E-state index contributed by atoms with van der Waals surface area (Å²) in [5.74, 6) is 0.658. The quantitative estimate of drug-likeness (QED) is 0.812. The molecule has 0 radical (unpaired) electrons. The van der Waals surface area contributed by atoms with Gasteiger partial charge < -0.3 is 5.73 Å². The average Bonchev–Trinajstić information content (AvgIpc) is 2.39. The van der Waals surface area contributed by atoms with Crippen molar-refractivity contribution in [2.75, 3.05) is 0 Å². The van der Waals surface area contributed by atoms with Gasteiger partial charge >= 0.3 is 0 Å². The maximum absolute atomic E-state index is 6.07. The molecule has 90 valence electrons. The Labute approximate surface area is 107 Å².